The summed E-state index contributed by atoms with van der Waals surface area (Å²) < 4.78 is 10.1. The van der Waals surface area contributed by atoms with Crippen molar-refractivity contribution in [2.24, 2.45) is 0 Å². The van der Waals surface area contributed by atoms with Crippen molar-refractivity contribution < 1.29 is 14.4 Å². The van der Waals surface area contributed by atoms with Crippen molar-refractivity contribution >= 4 is 0 Å². The topological polar surface area (TPSA) is 58.7 Å². The van der Waals surface area contributed by atoms with E-state index in [1.807, 2.05) is 13.1 Å². The Hall–Kier alpha value is -0.910. The van der Waals surface area contributed by atoms with Crippen molar-refractivity contribution in [3.05, 3.63) is 17.5 Å². The van der Waals surface area contributed by atoms with Gasteiger partial charge in [-0.25, -0.2) is 0 Å². The number of aliphatic hydroxyl groups is 1. The van der Waals surface area contributed by atoms with Gasteiger partial charge < -0.3 is 14.4 Å². The summed E-state index contributed by atoms with van der Waals surface area (Å²) in [7, 11) is 3.66. The lowest BCUT2D eigenvalue weighted by molar-refractivity contribution is 0.0279. The van der Waals surface area contributed by atoms with E-state index in [4.69, 9.17) is 9.26 Å². The number of nitrogens with zero attached hydrogens (tertiary/aromatic N) is 2. The minimum atomic E-state index is -0.214. The molecule has 2 rings (SSSR count). The van der Waals surface area contributed by atoms with Gasteiger partial charge in [0.15, 0.2) is 5.76 Å². The standard InChI is InChI=1S/C13H22N2O3/c1-15(12-5-3-4-6-13(12)16)8-10-7-11(9-17-2)18-14-10/h7,12-13,16H,3-6,8-9H2,1-2H3. The van der Waals surface area contributed by atoms with E-state index in [-0.39, 0.29) is 12.1 Å². The first-order valence-electron chi connectivity index (χ1n) is 6.52. The summed E-state index contributed by atoms with van der Waals surface area (Å²) in [5, 5.41) is 14.0. The van der Waals surface area contributed by atoms with Crippen molar-refractivity contribution in [3.8, 4) is 0 Å². The van der Waals surface area contributed by atoms with Crippen LogP contribution in [0.5, 0.6) is 0 Å². The van der Waals surface area contributed by atoms with E-state index in [0.717, 1.165) is 30.7 Å². The van der Waals surface area contributed by atoms with Crippen LogP contribution in [0.15, 0.2) is 10.6 Å². The van der Waals surface area contributed by atoms with Gasteiger partial charge in [-0.2, -0.15) is 0 Å². The predicted octanol–water partition coefficient (Wildman–Crippen LogP) is 1.56. The van der Waals surface area contributed by atoms with Gasteiger partial charge >= 0.3 is 0 Å². The average molecular weight is 254 g/mol. The van der Waals surface area contributed by atoms with Crippen LogP contribution in [0.2, 0.25) is 0 Å². The highest BCUT2D eigenvalue weighted by Crippen LogP contribution is 2.23. The number of hydrogen-bond donors (Lipinski definition) is 1. The first kappa shape index (κ1) is 13.5. The molecule has 1 aliphatic carbocycles. The fraction of sp³-hybridized carbons (Fsp3) is 0.769. The second kappa shape index (κ2) is 6.31. The molecule has 18 heavy (non-hydrogen) atoms. The molecule has 0 amide bonds. The van der Waals surface area contributed by atoms with Crippen LogP contribution < -0.4 is 0 Å². The third kappa shape index (κ3) is 3.31. The Morgan fingerprint density at radius 2 is 2.28 bits per heavy atom. The third-order valence-corrected chi connectivity index (χ3v) is 3.57. The number of ether oxygens (including phenoxy) is 1. The van der Waals surface area contributed by atoms with Crippen LogP contribution in [0.3, 0.4) is 0 Å². The molecule has 5 heteroatoms. The van der Waals surface area contributed by atoms with Crippen molar-refractivity contribution in [3.63, 3.8) is 0 Å². The van der Waals surface area contributed by atoms with Gasteiger partial charge in [-0.15, -0.1) is 0 Å². The molecular formula is C13H22N2O3. The van der Waals surface area contributed by atoms with E-state index in [2.05, 4.69) is 10.1 Å². The fourth-order valence-electron chi connectivity index (χ4n) is 2.62. The molecule has 0 aromatic carbocycles. The second-order valence-electron chi connectivity index (χ2n) is 5.05. The Labute approximate surface area is 108 Å². The third-order valence-electron chi connectivity index (χ3n) is 3.57. The second-order valence-corrected chi connectivity index (χ2v) is 5.05. The molecule has 1 aliphatic rings. The highest BCUT2D eigenvalue weighted by Gasteiger charge is 2.26. The van der Waals surface area contributed by atoms with Crippen LogP contribution in [0.4, 0.5) is 0 Å². The van der Waals surface area contributed by atoms with Crippen LogP contribution in [0, 0.1) is 0 Å². The van der Waals surface area contributed by atoms with Gasteiger partial charge in [-0.1, -0.05) is 18.0 Å². The molecule has 5 nitrogen and oxygen atoms in total. The Balaban J connectivity index is 1.90. The van der Waals surface area contributed by atoms with Crippen molar-refractivity contribution in [1.29, 1.82) is 0 Å². The Morgan fingerprint density at radius 3 is 3.00 bits per heavy atom. The zero-order valence-electron chi connectivity index (χ0n) is 11.1. The minimum absolute atomic E-state index is 0.214. The lowest BCUT2D eigenvalue weighted by Crippen LogP contribution is -2.42. The minimum Gasteiger partial charge on any atom is -0.391 e. The van der Waals surface area contributed by atoms with Gasteiger partial charge in [0.1, 0.15) is 6.61 Å². The van der Waals surface area contributed by atoms with Crippen LogP contribution in [0.1, 0.15) is 37.1 Å². The molecule has 0 saturated heterocycles. The van der Waals surface area contributed by atoms with E-state index >= 15 is 0 Å². The molecule has 0 bridgehead atoms. The molecule has 1 N–H and O–H groups in total. The van der Waals surface area contributed by atoms with Crippen molar-refractivity contribution in [2.75, 3.05) is 14.2 Å². The largest absolute Gasteiger partial charge is 0.391 e. The molecule has 1 aromatic heterocycles. The Bertz CT molecular complexity index is 367. The summed E-state index contributed by atoms with van der Waals surface area (Å²) in [6.07, 6.45) is 4.07. The lowest BCUT2D eigenvalue weighted by atomic mass is 9.91. The number of methoxy groups -OCH3 is 1. The zero-order chi connectivity index (χ0) is 13.0. The van der Waals surface area contributed by atoms with E-state index in [0.29, 0.717) is 13.2 Å². The fourth-order valence-corrected chi connectivity index (χ4v) is 2.62. The Kier molecular flexibility index (Phi) is 4.74. The summed E-state index contributed by atoms with van der Waals surface area (Å²) >= 11 is 0. The van der Waals surface area contributed by atoms with Gasteiger partial charge in [0.05, 0.1) is 11.8 Å². The van der Waals surface area contributed by atoms with Crippen LogP contribution in [-0.2, 0) is 17.9 Å². The number of aliphatic hydroxyl groups excluding tert-OH is 1. The molecular weight excluding hydrogens is 232 g/mol. The summed E-state index contributed by atoms with van der Waals surface area (Å²) in [5.41, 5.74) is 0.891. The van der Waals surface area contributed by atoms with E-state index in [9.17, 15) is 5.11 Å². The summed E-state index contributed by atoms with van der Waals surface area (Å²) in [6.45, 7) is 1.15. The smallest absolute Gasteiger partial charge is 0.162 e. The van der Waals surface area contributed by atoms with Gasteiger partial charge in [-0.05, 0) is 19.9 Å². The first-order valence-corrected chi connectivity index (χ1v) is 6.52. The summed E-state index contributed by atoms with van der Waals surface area (Å²) in [4.78, 5) is 2.16. The van der Waals surface area contributed by atoms with Gasteiger partial charge in [0.25, 0.3) is 0 Å². The molecule has 0 radical (unpaired) electrons. The number of hydrogen-bond acceptors (Lipinski definition) is 5. The van der Waals surface area contributed by atoms with E-state index < -0.39 is 0 Å². The number of rotatable bonds is 5. The molecule has 1 aromatic rings. The highest BCUT2D eigenvalue weighted by atomic mass is 16.5. The molecule has 1 heterocycles. The van der Waals surface area contributed by atoms with Gasteiger partial charge in [-0.3, -0.25) is 4.90 Å². The normalized spacial score (nSPS) is 24.7. The quantitative estimate of drug-likeness (QED) is 0.864. The molecule has 0 spiro atoms. The molecule has 102 valence electrons. The zero-order valence-corrected chi connectivity index (χ0v) is 11.1. The first-order chi connectivity index (χ1) is 8.70. The monoisotopic (exact) mass is 254 g/mol. The maximum atomic E-state index is 10.0. The van der Waals surface area contributed by atoms with E-state index in [1.54, 1.807) is 7.11 Å². The molecule has 1 saturated carbocycles. The maximum absolute atomic E-state index is 10.0. The van der Waals surface area contributed by atoms with Gasteiger partial charge in [0, 0.05) is 25.8 Å². The van der Waals surface area contributed by atoms with Crippen LogP contribution in [0.25, 0.3) is 0 Å². The SMILES string of the molecule is COCc1cc(CN(C)C2CCCCC2O)no1. The van der Waals surface area contributed by atoms with Crippen molar-refractivity contribution in [2.45, 2.75) is 51.0 Å². The van der Waals surface area contributed by atoms with Crippen molar-refractivity contribution in [1.82, 2.24) is 10.1 Å². The average Bonchev–Trinajstić information content (AvgIpc) is 2.77. The molecule has 0 aliphatic heterocycles. The van der Waals surface area contributed by atoms with Gasteiger partial charge in [0.2, 0.25) is 0 Å². The summed E-state index contributed by atoms with van der Waals surface area (Å²) in [5.74, 6) is 0.741. The Morgan fingerprint density at radius 1 is 1.50 bits per heavy atom. The number of likely N-dealkylation sites (N-methyl/N-ethyl adjacent to an activating group) is 1. The molecule has 2 atom stereocenters. The number of aromatic nitrogens is 1. The lowest BCUT2D eigenvalue weighted by Gasteiger charge is -2.34. The van der Waals surface area contributed by atoms with E-state index in [1.165, 1.54) is 6.42 Å². The highest BCUT2D eigenvalue weighted by molar-refractivity contribution is 5.04. The molecule has 2 unspecified atom stereocenters. The predicted molar refractivity (Wildman–Crippen MR) is 66.9 cm³/mol. The molecule has 1 fully saturated rings. The van der Waals surface area contributed by atoms with Crippen LogP contribution in [-0.4, -0.2) is 41.5 Å². The maximum Gasteiger partial charge on any atom is 0.162 e. The van der Waals surface area contributed by atoms with Crippen LogP contribution >= 0.6 is 0 Å². The summed E-state index contributed by atoms with van der Waals surface area (Å²) in [6, 6.07) is 2.15.